The number of hydrogen-bond donors (Lipinski definition) is 0. The lowest BCUT2D eigenvalue weighted by Crippen LogP contribution is -2.07. The highest BCUT2D eigenvalue weighted by Gasteiger charge is 2.31. The topological polar surface area (TPSA) is 17.1 Å². The molecule has 1 unspecified atom stereocenters. The Labute approximate surface area is 99.4 Å². The highest BCUT2D eigenvalue weighted by Crippen LogP contribution is 2.36. The second-order valence-electron chi connectivity index (χ2n) is 3.97. The molecule has 0 heterocycles. The summed E-state index contributed by atoms with van der Waals surface area (Å²) in [5, 5.41) is 1.17. The summed E-state index contributed by atoms with van der Waals surface area (Å²) >= 11 is 12.0. The van der Waals surface area contributed by atoms with Crippen molar-refractivity contribution >= 4 is 29.0 Å². The molecule has 0 amide bonds. The van der Waals surface area contributed by atoms with Crippen molar-refractivity contribution in [3.05, 3.63) is 33.3 Å². The van der Waals surface area contributed by atoms with Gasteiger partial charge < -0.3 is 0 Å². The molecule has 2 rings (SSSR count). The van der Waals surface area contributed by atoms with Gasteiger partial charge in [0.05, 0.1) is 0 Å². The number of carbonyl (C=O) groups excluding carboxylic acids is 1. The van der Waals surface area contributed by atoms with Gasteiger partial charge in [0.25, 0.3) is 0 Å². The molecule has 1 aromatic carbocycles. The number of Topliss-reactive ketones (excluding diaryl/α,β-unsaturated/α-hetero) is 1. The van der Waals surface area contributed by atoms with Gasteiger partial charge in [0.1, 0.15) is 0 Å². The fourth-order valence-electron chi connectivity index (χ4n) is 2.17. The van der Waals surface area contributed by atoms with E-state index in [1.54, 1.807) is 12.1 Å². The van der Waals surface area contributed by atoms with Crippen molar-refractivity contribution in [2.45, 2.75) is 26.2 Å². The molecule has 1 atom stereocenters. The molecule has 0 N–H and O–H groups in total. The Kier molecular flexibility index (Phi) is 3.03. The molecule has 0 aliphatic heterocycles. The monoisotopic (exact) mass is 242 g/mol. The van der Waals surface area contributed by atoms with Crippen molar-refractivity contribution in [1.29, 1.82) is 0 Å². The van der Waals surface area contributed by atoms with E-state index in [0.717, 1.165) is 30.4 Å². The lowest BCUT2D eigenvalue weighted by Gasteiger charge is -2.03. The van der Waals surface area contributed by atoms with Gasteiger partial charge in [-0.15, -0.1) is 0 Å². The van der Waals surface area contributed by atoms with E-state index in [1.165, 1.54) is 0 Å². The lowest BCUT2D eigenvalue weighted by atomic mass is 10.00. The molecule has 0 saturated heterocycles. The maximum absolute atomic E-state index is 12.0. The van der Waals surface area contributed by atoms with Crippen molar-refractivity contribution in [3.63, 3.8) is 0 Å². The number of hydrogen-bond acceptors (Lipinski definition) is 1. The van der Waals surface area contributed by atoms with Gasteiger partial charge in [-0.3, -0.25) is 4.79 Å². The number of ketones is 1. The first-order valence-electron chi connectivity index (χ1n) is 5.15. The van der Waals surface area contributed by atoms with E-state index in [-0.39, 0.29) is 11.7 Å². The number of carbonyl (C=O) groups is 1. The number of fused-ring (bicyclic) bond motifs is 1. The third-order valence-electron chi connectivity index (χ3n) is 2.88. The summed E-state index contributed by atoms with van der Waals surface area (Å²) in [6, 6.07) is 3.45. The van der Waals surface area contributed by atoms with Crippen LogP contribution in [0.5, 0.6) is 0 Å². The first-order chi connectivity index (χ1) is 7.13. The molecule has 1 nitrogen and oxygen atoms in total. The molecular weight excluding hydrogens is 231 g/mol. The molecule has 0 aromatic heterocycles. The Morgan fingerprint density at radius 1 is 1.40 bits per heavy atom. The summed E-state index contributed by atoms with van der Waals surface area (Å²) < 4.78 is 0. The molecule has 1 aliphatic rings. The van der Waals surface area contributed by atoms with E-state index < -0.39 is 0 Å². The molecule has 0 bridgehead atoms. The Hall–Kier alpha value is -0.530. The first-order valence-corrected chi connectivity index (χ1v) is 5.91. The van der Waals surface area contributed by atoms with Crippen LogP contribution in [0.3, 0.4) is 0 Å². The third-order valence-corrected chi connectivity index (χ3v) is 3.44. The smallest absolute Gasteiger partial charge is 0.166 e. The van der Waals surface area contributed by atoms with Gasteiger partial charge in [-0.1, -0.05) is 36.5 Å². The van der Waals surface area contributed by atoms with Crippen LogP contribution in [0.1, 0.15) is 35.7 Å². The van der Waals surface area contributed by atoms with Crippen molar-refractivity contribution < 1.29 is 4.79 Å². The van der Waals surface area contributed by atoms with Crippen molar-refractivity contribution in [3.8, 4) is 0 Å². The predicted molar refractivity (Wildman–Crippen MR) is 62.9 cm³/mol. The highest BCUT2D eigenvalue weighted by molar-refractivity contribution is 6.36. The molecule has 1 aliphatic carbocycles. The molecule has 1 aromatic rings. The van der Waals surface area contributed by atoms with Crippen LogP contribution in [0.2, 0.25) is 10.0 Å². The normalized spacial score (nSPS) is 19.4. The van der Waals surface area contributed by atoms with Crippen molar-refractivity contribution in [1.82, 2.24) is 0 Å². The highest BCUT2D eigenvalue weighted by atomic mass is 35.5. The summed E-state index contributed by atoms with van der Waals surface area (Å²) in [6.45, 7) is 2.09. The summed E-state index contributed by atoms with van der Waals surface area (Å²) in [7, 11) is 0. The van der Waals surface area contributed by atoms with Gasteiger partial charge in [-0.25, -0.2) is 0 Å². The van der Waals surface area contributed by atoms with Crippen LogP contribution in [0.25, 0.3) is 0 Å². The molecule has 0 spiro atoms. The van der Waals surface area contributed by atoms with Crippen molar-refractivity contribution in [2.24, 2.45) is 5.92 Å². The van der Waals surface area contributed by atoms with Gasteiger partial charge in [0.2, 0.25) is 0 Å². The largest absolute Gasteiger partial charge is 0.294 e. The van der Waals surface area contributed by atoms with Crippen LogP contribution in [-0.4, -0.2) is 5.78 Å². The van der Waals surface area contributed by atoms with Crippen molar-refractivity contribution in [2.75, 3.05) is 0 Å². The average molecular weight is 243 g/mol. The van der Waals surface area contributed by atoms with Gasteiger partial charge in [-0.2, -0.15) is 0 Å². The second kappa shape index (κ2) is 4.15. The summed E-state index contributed by atoms with van der Waals surface area (Å²) in [4.78, 5) is 12.0. The third kappa shape index (κ3) is 1.91. The summed E-state index contributed by atoms with van der Waals surface area (Å²) in [5.74, 6) is 0.317. The van der Waals surface area contributed by atoms with Crippen LogP contribution in [0.4, 0.5) is 0 Å². The maximum atomic E-state index is 12.0. The Bertz CT molecular complexity index is 412. The Morgan fingerprint density at radius 3 is 2.80 bits per heavy atom. The van der Waals surface area contributed by atoms with E-state index in [2.05, 4.69) is 6.92 Å². The quantitative estimate of drug-likeness (QED) is 0.762. The van der Waals surface area contributed by atoms with E-state index in [9.17, 15) is 4.79 Å². The summed E-state index contributed by atoms with van der Waals surface area (Å²) in [5.41, 5.74) is 1.70. The van der Waals surface area contributed by atoms with Crippen LogP contribution >= 0.6 is 23.2 Å². The minimum absolute atomic E-state index is 0.112. The average Bonchev–Trinajstić information content (AvgIpc) is 2.47. The van der Waals surface area contributed by atoms with Gasteiger partial charge >= 0.3 is 0 Å². The van der Waals surface area contributed by atoms with E-state index >= 15 is 0 Å². The lowest BCUT2D eigenvalue weighted by molar-refractivity contribution is 0.0930. The zero-order chi connectivity index (χ0) is 11.0. The van der Waals surface area contributed by atoms with Crippen LogP contribution in [-0.2, 0) is 6.42 Å². The maximum Gasteiger partial charge on any atom is 0.166 e. The van der Waals surface area contributed by atoms with Crippen LogP contribution < -0.4 is 0 Å². The Morgan fingerprint density at radius 2 is 2.13 bits per heavy atom. The molecule has 0 fully saturated rings. The molecule has 3 heteroatoms. The van der Waals surface area contributed by atoms with Gasteiger partial charge in [0, 0.05) is 21.5 Å². The zero-order valence-electron chi connectivity index (χ0n) is 8.52. The molecule has 15 heavy (non-hydrogen) atoms. The zero-order valence-corrected chi connectivity index (χ0v) is 10.0. The SMILES string of the molecule is CCCC1Cc2c(Cl)cc(Cl)cc2C1=O. The van der Waals surface area contributed by atoms with E-state index in [4.69, 9.17) is 23.2 Å². The van der Waals surface area contributed by atoms with Gasteiger partial charge in [-0.05, 0) is 30.5 Å². The molecule has 0 radical (unpaired) electrons. The fraction of sp³-hybridized carbons (Fsp3) is 0.417. The number of halogens is 2. The molecule has 80 valence electrons. The standard InChI is InChI=1S/C12H12Cl2O/c1-2-3-7-4-9-10(12(7)15)5-8(13)6-11(9)14/h5-7H,2-4H2,1H3. The fourth-order valence-corrected chi connectivity index (χ4v) is 2.74. The minimum atomic E-state index is 0.112. The minimum Gasteiger partial charge on any atom is -0.294 e. The second-order valence-corrected chi connectivity index (χ2v) is 4.81. The van der Waals surface area contributed by atoms with Gasteiger partial charge in [0.15, 0.2) is 5.78 Å². The van der Waals surface area contributed by atoms with Crippen LogP contribution in [0.15, 0.2) is 12.1 Å². The van der Waals surface area contributed by atoms with E-state index in [1.807, 2.05) is 0 Å². The Balaban J connectivity index is 2.41. The number of benzene rings is 1. The van der Waals surface area contributed by atoms with E-state index in [0.29, 0.717) is 10.0 Å². The summed E-state index contributed by atoms with van der Waals surface area (Å²) in [6.07, 6.45) is 2.73. The number of rotatable bonds is 2. The molecule has 0 saturated carbocycles. The first kappa shape index (κ1) is 11.0. The molecular formula is C12H12Cl2O. The van der Waals surface area contributed by atoms with Crippen LogP contribution in [0, 0.1) is 5.92 Å². The predicted octanol–water partition coefficient (Wildman–Crippen LogP) is 4.15.